The zero-order valence-corrected chi connectivity index (χ0v) is 11.7. The summed E-state index contributed by atoms with van der Waals surface area (Å²) in [7, 11) is 1.67. The molecule has 5 nitrogen and oxygen atoms in total. The number of aromatic nitrogens is 1. The highest BCUT2D eigenvalue weighted by Crippen LogP contribution is 2.11. The van der Waals surface area contributed by atoms with Gasteiger partial charge in [0.05, 0.1) is 6.10 Å². The van der Waals surface area contributed by atoms with Crippen LogP contribution in [0.1, 0.15) is 34.5 Å². The monoisotopic (exact) mass is 264 g/mol. The molecule has 0 aliphatic carbocycles. The van der Waals surface area contributed by atoms with Crippen LogP contribution in [-0.4, -0.2) is 29.7 Å². The predicted octanol–water partition coefficient (Wildman–Crippen LogP) is 0.911. The van der Waals surface area contributed by atoms with Crippen LogP contribution in [0.25, 0.3) is 0 Å². The number of aryl methyl sites for hydroxylation is 2. The molecule has 5 heteroatoms. The van der Waals surface area contributed by atoms with E-state index in [2.05, 4.69) is 5.32 Å². The fourth-order valence-corrected chi connectivity index (χ4v) is 2.36. The van der Waals surface area contributed by atoms with Crippen LogP contribution in [0.15, 0.2) is 10.9 Å². The molecule has 2 rings (SSSR count). The van der Waals surface area contributed by atoms with Gasteiger partial charge in [-0.15, -0.1) is 0 Å². The van der Waals surface area contributed by atoms with E-state index in [1.54, 1.807) is 14.0 Å². The second-order valence-electron chi connectivity index (χ2n) is 5.05. The predicted molar refractivity (Wildman–Crippen MR) is 72.5 cm³/mol. The zero-order valence-electron chi connectivity index (χ0n) is 11.7. The van der Waals surface area contributed by atoms with Crippen molar-refractivity contribution in [2.24, 2.45) is 7.05 Å². The molecular weight excluding hydrogens is 244 g/mol. The fourth-order valence-electron chi connectivity index (χ4n) is 2.36. The molecule has 1 fully saturated rings. The molecule has 1 aliphatic rings. The molecule has 1 aromatic rings. The van der Waals surface area contributed by atoms with Crippen molar-refractivity contribution in [2.45, 2.75) is 32.8 Å². The maximum absolute atomic E-state index is 12.1. The first-order valence-corrected chi connectivity index (χ1v) is 6.57. The Balaban J connectivity index is 2.14. The molecular formula is C14H20N2O3. The summed E-state index contributed by atoms with van der Waals surface area (Å²) in [5, 5.41) is 2.79. The molecule has 104 valence electrons. The van der Waals surface area contributed by atoms with Gasteiger partial charge in [0.15, 0.2) is 0 Å². The fraction of sp³-hybridized carbons (Fsp3) is 0.571. The van der Waals surface area contributed by atoms with Crippen LogP contribution >= 0.6 is 0 Å². The lowest BCUT2D eigenvalue weighted by Gasteiger charge is -2.13. The van der Waals surface area contributed by atoms with Crippen molar-refractivity contribution >= 4 is 5.91 Å². The molecule has 0 unspecified atom stereocenters. The van der Waals surface area contributed by atoms with Gasteiger partial charge in [0, 0.05) is 25.9 Å². The molecule has 0 radical (unpaired) electrons. The number of rotatable bonds is 3. The molecule has 0 aromatic carbocycles. The van der Waals surface area contributed by atoms with Gasteiger partial charge >= 0.3 is 0 Å². The van der Waals surface area contributed by atoms with Gasteiger partial charge < -0.3 is 14.6 Å². The highest BCUT2D eigenvalue weighted by Gasteiger charge is 2.19. The Morgan fingerprint density at radius 3 is 2.89 bits per heavy atom. The number of ether oxygens (including phenoxy) is 1. The molecule has 0 saturated carbocycles. The van der Waals surface area contributed by atoms with Crippen LogP contribution in [0.4, 0.5) is 0 Å². The molecule has 1 saturated heterocycles. The number of carbonyl (C=O) groups excluding carboxylic acids is 1. The first-order valence-electron chi connectivity index (χ1n) is 6.57. The largest absolute Gasteiger partial charge is 0.376 e. The van der Waals surface area contributed by atoms with Gasteiger partial charge in [0.25, 0.3) is 11.5 Å². The molecule has 19 heavy (non-hydrogen) atoms. The minimum Gasteiger partial charge on any atom is -0.376 e. The minimum atomic E-state index is -0.311. The van der Waals surface area contributed by atoms with Crippen molar-refractivity contribution in [1.82, 2.24) is 9.88 Å². The SMILES string of the molecule is Cc1cc(C)n(C)c(=O)c1C(=O)NC[C@H]1CCCO1. The third kappa shape index (κ3) is 2.87. The van der Waals surface area contributed by atoms with E-state index in [1.807, 2.05) is 13.0 Å². The minimum absolute atomic E-state index is 0.0820. The summed E-state index contributed by atoms with van der Waals surface area (Å²) in [6.07, 6.45) is 2.08. The maximum Gasteiger partial charge on any atom is 0.263 e. The third-order valence-corrected chi connectivity index (χ3v) is 3.61. The van der Waals surface area contributed by atoms with Crippen molar-refractivity contribution in [3.8, 4) is 0 Å². The van der Waals surface area contributed by atoms with Gasteiger partial charge in [-0.1, -0.05) is 0 Å². The van der Waals surface area contributed by atoms with E-state index in [-0.39, 0.29) is 23.1 Å². The average Bonchev–Trinajstić information content (AvgIpc) is 2.86. The molecule has 1 N–H and O–H groups in total. The summed E-state index contributed by atoms with van der Waals surface area (Å²) in [5.41, 5.74) is 1.54. The van der Waals surface area contributed by atoms with E-state index in [0.717, 1.165) is 25.1 Å². The molecule has 1 aliphatic heterocycles. The van der Waals surface area contributed by atoms with Crippen LogP contribution in [0.2, 0.25) is 0 Å². The van der Waals surface area contributed by atoms with Crippen molar-refractivity contribution in [3.05, 3.63) is 33.2 Å². The van der Waals surface area contributed by atoms with Gasteiger partial charge in [0.2, 0.25) is 0 Å². The zero-order chi connectivity index (χ0) is 14.0. The first kappa shape index (κ1) is 13.8. The molecule has 1 aromatic heterocycles. The van der Waals surface area contributed by atoms with Crippen molar-refractivity contribution in [2.75, 3.05) is 13.2 Å². The Bertz CT molecular complexity index is 542. The summed E-state index contributed by atoms with van der Waals surface area (Å²) in [6.45, 7) is 4.86. The quantitative estimate of drug-likeness (QED) is 0.882. The van der Waals surface area contributed by atoms with Crippen LogP contribution in [0.5, 0.6) is 0 Å². The van der Waals surface area contributed by atoms with Crippen molar-refractivity contribution in [3.63, 3.8) is 0 Å². The number of hydrogen-bond acceptors (Lipinski definition) is 3. The van der Waals surface area contributed by atoms with Gasteiger partial charge in [-0.3, -0.25) is 9.59 Å². The van der Waals surface area contributed by atoms with E-state index in [9.17, 15) is 9.59 Å². The van der Waals surface area contributed by atoms with E-state index < -0.39 is 0 Å². The standard InChI is InChI=1S/C14H20N2O3/c1-9-7-10(2)16(3)14(18)12(9)13(17)15-8-11-5-4-6-19-11/h7,11H,4-6,8H2,1-3H3,(H,15,17)/t11-/m1/s1. The molecule has 0 bridgehead atoms. The topological polar surface area (TPSA) is 60.3 Å². The summed E-state index contributed by atoms with van der Waals surface area (Å²) >= 11 is 0. The molecule has 1 amide bonds. The second kappa shape index (κ2) is 5.57. The highest BCUT2D eigenvalue weighted by atomic mass is 16.5. The van der Waals surface area contributed by atoms with Gasteiger partial charge in [-0.25, -0.2) is 0 Å². The molecule has 1 atom stereocenters. The smallest absolute Gasteiger partial charge is 0.263 e. The van der Waals surface area contributed by atoms with E-state index >= 15 is 0 Å². The number of nitrogens with one attached hydrogen (secondary N) is 1. The maximum atomic E-state index is 12.1. The molecule has 0 spiro atoms. The van der Waals surface area contributed by atoms with Gasteiger partial charge in [-0.2, -0.15) is 0 Å². The second-order valence-corrected chi connectivity index (χ2v) is 5.05. The lowest BCUT2D eigenvalue weighted by Crippen LogP contribution is -2.37. The Kier molecular flexibility index (Phi) is 4.04. The van der Waals surface area contributed by atoms with Crippen LogP contribution < -0.4 is 10.9 Å². The summed E-state index contributed by atoms with van der Waals surface area (Å²) in [4.78, 5) is 24.2. The Labute approximate surface area is 112 Å². The molecule has 2 heterocycles. The Morgan fingerprint density at radius 1 is 1.53 bits per heavy atom. The van der Waals surface area contributed by atoms with Crippen LogP contribution in [-0.2, 0) is 11.8 Å². The average molecular weight is 264 g/mol. The number of pyridine rings is 1. The number of amides is 1. The van der Waals surface area contributed by atoms with Crippen LogP contribution in [0, 0.1) is 13.8 Å². The summed E-state index contributed by atoms with van der Waals surface area (Å²) < 4.78 is 6.94. The highest BCUT2D eigenvalue weighted by molar-refractivity contribution is 5.95. The van der Waals surface area contributed by atoms with Crippen LogP contribution in [0.3, 0.4) is 0 Å². The van der Waals surface area contributed by atoms with Gasteiger partial charge in [0.1, 0.15) is 5.56 Å². The normalized spacial score (nSPS) is 18.6. The van der Waals surface area contributed by atoms with Crippen molar-refractivity contribution in [1.29, 1.82) is 0 Å². The number of carbonyl (C=O) groups is 1. The summed E-state index contributed by atoms with van der Waals surface area (Å²) in [5.74, 6) is -0.311. The Morgan fingerprint density at radius 2 is 2.26 bits per heavy atom. The van der Waals surface area contributed by atoms with Gasteiger partial charge in [-0.05, 0) is 38.3 Å². The number of nitrogens with zero attached hydrogens (tertiary/aromatic N) is 1. The first-order chi connectivity index (χ1) is 9.00. The van der Waals surface area contributed by atoms with E-state index in [1.165, 1.54) is 4.57 Å². The third-order valence-electron chi connectivity index (χ3n) is 3.61. The number of hydrogen-bond donors (Lipinski definition) is 1. The Hall–Kier alpha value is -1.62. The lowest BCUT2D eigenvalue weighted by atomic mass is 10.1. The lowest BCUT2D eigenvalue weighted by molar-refractivity contribution is 0.0855. The van der Waals surface area contributed by atoms with E-state index in [4.69, 9.17) is 4.74 Å². The summed E-state index contributed by atoms with van der Waals surface area (Å²) in [6, 6.07) is 1.85. The van der Waals surface area contributed by atoms with E-state index in [0.29, 0.717) is 12.1 Å². The van der Waals surface area contributed by atoms with Crippen molar-refractivity contribution < 1.29 is 9.53 Å².